The maximum absolute atomic E-state index is 12.3. The van der Waals surface area contributed by atoms with Gasteiger partial charge >= 0.3 is 5.97 Å². The van der Waals surface area contributed by atoms with Crippen LogP contribution in [0.5, 0.6) is 0 Å². The van der Waals surface area contributed by atoms with Crippen LogP contribution in [0.25, 0.3) is 10.7 Å². The minimum Gasteiger partial charge on any atom is -0.451 e. The number of pyridine rings is 1. The predicted molar refractivity (Wildman–Crippen MR) is 101 cm³/mol. The van der Waals surface area contributed by atoms with E-state index in [4.69, 9.17) is 4.74 Å². The van der Waals surface area contributed by atoms with Gasteiger partial charge in [0.05, 0.1) is 11.4 Å². The number of aromatic nitrogens is 2. The van der Waals surface area contributed by atoms with Crippen LogP contribution in [0.2, 0.25) is 0 Å². The van der Waals surface area contributed by atoms with Crippen molar-refractivity contribution in [3.8, 4) is 10.7 Å². The van der Waals surface area contributed by atoms with E-state index in [0.29, 0.717) is 27.8 Å². The van der Waals surface area contributed by atoms with Crippen molar-refractivity contribution in [2.45, 2.75) is 13.5 Å². The molecule has 0 aliphatic heterocycles. The van der Waals surface area contributed by atoms with Gasteiger partial charge in [-0.2, -0.15) is 11.3 Å². The highest BCUT2D eigenvalue weighted by Gasteiger charge is 2.20. The molecule has 0 radical (unpaired) electrons. The smallest absolute Gasteiger partial charge is 0.350 e. The Morgan fingerprint density at radius 1 is 1.27 bits per heavy atom. The fourth-order valence-corrected chi connectivity index (χ4v) is 3.83. The molecule has 8 heteroatoms. The Morgan fingerprint density at radius 3 is 2.81 bits per heavy atom. The van der Waals surface area contributed by atoms with Crippen LogP contribution < -0.4 is 0 Å². The summed E-state index contributed by atoms with van der Waals surface area (Å²) in [5.74, 6) is -0.795. The van der Waals surface area contributed by atoms with Crippen LogP contribution in [-0.4, -0.2) is 40.4 Å². The molecule has 26 heavy (non-hydrogen) atoms. The molecular formula is C18H17N3O3S2. The Hall–Kier alpha value is -2.58. The van der Waals surface area contributed by atoms with Crippen molar-refractivity contribution in [3.05, 3.63) is 57.4 Å². The molecule has 0 aromatic carbocycles. The van der Waals surface area contributed by atoms with E-state index in [1.165, 1.54) is 16.2 Å². The summed E-state index contributed by atoms with van der Waals surface area (Å²) in [4.78, 5) is 35.0. The van der Waals surface area contributed by atoms with Crippen LogP contribution >= 0.6 is 22.7 Å². The van der Waals surface area contributed by atoms with Gasteiger partial charge in [-0.05, 0) is 41.4 Å². The first kappa shape index (κ1) is 18.2. The zero-order chi connectivity index (χ0) is 18.5. The third-order valence-corrected chi connectivity index (χ3v) is 5.51. The van der Waals surface area contributed by atoms with E-state index in [1.54, 1.807) is 31.5 Å². The molecule has 0 saturated carbocycles. The van der Waals surface area contributed by atoms with Crippen LogP contribution in [0.4, 0.5) is 0 Å². The Kier molecular flexibility index (Phi) is 5.75. The minimum atomic E-state index is -0.542. The second-order valence-electron chi connectivity index (χ2n) is 5.61. The zero-order valence-corrected chi connectivity index (χ0v) is 16.0. The second kappa shape index (κ2) is 8.20. The third-order valence-electron chi connectivity index (χ3n) is 3.62. The lowest BCUT2D eigenvalue weighted by molar-refractivity contribution is -0.133. The lowest BCUT2D eigenvalue weighted by Crippen LogP contribution is -2.30. The van der Waals surface area contributed by atoms with E-state index in [-0.39, 0.29) is 12.5 Å². The average Bonchev–Trinajstić information content (AvgIpc) is 3.29. The maximum atomic E-state index is 12.3. The average molecular weight is 387 g/mol. The fraction of sp³-hybridized carbons (Fsp3) is 0.222. The summed E-state index contributed by atoms with van der Waals surface area (Å²) in [6.07, 6.45) is 1.67. The molecule has 0 aliphatic rings. The predicted octanol–water partition coefficient (Wildman–Crippen LogP) is 3.39. The van der Waals surface area contributed by atoms with Gasteiger partial charge in [0.1, 0.15) is 9.88 Å². The topological polar surface area (TPSA) is 72.4 Å². The van der Waals surface area contributed by atoms with E-state index in [1.807, 2.05) is 35.0 Å². The molecule has 0 spiro atoms. The number of amides is 1. The quantitative estimate of drug-likeness (QED) is 0.606. The molecule has 3 rings (SSSR count). The zero-order valence-electron chi connectivity index (χ0n) is 14.3. The van der Waals surface area contributed by atoms with Crippen molar-refractivity contribution in [2.75, 3.05) is 13.7 Å². The Bertz CT molecular complexity index is 892. The van der Waals surface area contributed by atoms with Crippen LogP contribution in [0.15, 0.2) is 41.2 Å². The van der Waals surface area contributed by atoms with E-state index >= 15 is 0 Å². The summed E-state index contributed by atoms with van der Waals surface area (Å²) in [5, 5.41) is 4.59. The molecule has 0 unspecified atom stereocenters. The van der Waals surface area contributed by atoms with Crippen molar-refractivity contribution in [3.63, 3.8) is 0 Å². The molecule has 0 bridgehead atoms. The van der Waals surface area contributed by atoms with Crippen molar-refractivity contribution in [1.29, 1.82) is 0 Å². The van der Waals surface area contributed by atoms with Gasteiger partial charge in [0, 0.05) is 19.8 Å². The van der Waals surface area contributed by atoms with E-state index in [2.05, 4.69) is 9.97 Å². The molecular weight excluding hydrogens is 370 g/mol. The fourth-order valence-electron chi connectivity index (χ4n) is 2.23. The van der Waals surface area contributed by atoms with Crippen LogP contribution in [0, 0.1) is 6.92 Å². The first-order valence-electron chi connectivity index (χ1n) is 7.85. The number of carbonyl (C=O) groups is 2. The van der Waals surface area contributed by atoms with E-state index in [9.17, 15) is 9.59 Å². The van der Waals surface area contributed by atoms with Crippen molar-refractivity contribution in [2.24, 2.45) is 0 Å². The normalized spacial score (nSPS) is 10.5. The highest BCUT2D eigenvalue weighted by atomic mass is 32.1. The third kappa shape index (κ3) is 4.33. The second-order valence-corrected chi connectivity index (χ2v) is 7.39. The molecule has 0 aliphatic carbocycles. The molecule has 0 fully saturated rings. The summed E-state index contributed by atoms with van der Waals surface area (Å²) < 4.78 is 5.18. The van der Waals surface area contributed by atoms with Gasteiger partial charge in [-0.1, -0.05) is 6.07 Å². The van der Waals surface area contributed by atoms with Crippen LogP contribution in [0.1, 0.15) is 20.9 Å². The first-order valence-corrected chi connectivity index (χ1v) is 9.61. The van der Waals surface area contributed by atoms with Crippen LogP contribution in [0.3, 0.4) is 0 Å². The number of likely N-dealkylation sites (N-methyl/N-ethyl adjacent to an activating group) is 1. The number of hydrogen-bond donors (Lipinski definition) is 0. The molecule has 134 valence electrons. The molecule has 3 aromatic heterocycles. The molecule has 0 atom stereocenters. The monoisotopic (exact) mass is 387 g/mol. The summed E-state index contributed by atoms with van der Waals surface area (Å²) in [5.41, 5.74) is 2.32. The summed E-state index contributed by atoms with van der Waals surface area (Å²) >= 11 is 2.79. The highest BCUT2D eigenvalue weighted by Crippen LogP contribution is 2.26. The minimum absolute atomic E-state index is 0.253. The van der Waals surface area contributed by atoms with Crippen molar-refractivity contribution >= 4 is 34.6 Å². The summed E-state index contributed by atoms with van der Waals surface area (Å²) in [6.45, 7) is 1.93. The lowest BCUT2D eigenvalue weighted by Gasteiger charge is -2.16. The Morgan fingerprint density at radius 2 is 2.12 bits per heavy atom. The van der Waals surface area contributed by atoms with E-state index in [0.717, 1.165) is 5.56 Å². The Labute approximate surface area is 159 Å². The maximum Gasteiger partial charge on any atom is 0.350 e. The Balaban J connectivity index is 1.60. The van der Waals surface area contributed by atoms with Gasteiger partial charge in [0.25, 0.3) is 5.91 Å². The van der Waals surface area contributed by atoms with Gasteiger partial charge in [-0.3, -0.25) is 9.78 Å². The number of thiophene rings is 1. The SMILES string of the molecule is Cc1nc(-c2ccccn2)sc1C(=O)OCC(=O)N(C)Cc1ccsc1. The lowest BCUT2D eigenvalue weighted by atomic mass is 10.3. The largest absolute Gasteiger partial charge is 0.451 e. The number of nitrogens with zero attached hydrogens (tertiary/aromatic N) is 3. The molecule has 3 heterocycles. The molecule has 0 N–H and O–H groups in total. The highest BCUT2D eigenvalue weighted by molar-refractivity contribution is 7.17. The van der Waals surface area contributed by atoms with Gasteiger partial charge < -0.3 is 9.64 Å². The number of rotatable bonds is 6. The number of hydrogen-bond acceptors (Lipinski definition) is 7. The number of carbonyl (C=O) groups excluding carboxylic acids is 2. The standard InChI is InChI=1S/C18H17N3O3S2/c1-12-16(26-17(20-12)14-5-3-4-7-19-14)18(23)24-10-15(22)21(2)9-13-6-8-25-11-13/h3-8,11H,9-10H2,1-2H3. The van der Waals surface area contributed by atoms with Gasteiger partial charge in [0.15, 0.2) is 6.61 Å². The molecule has 1 amide bonds. The van der Waals surface area contributed by atoms with Gasteiger partial charge in [-0.25, -0.2) is 9.78 Å². The number of esters is 1. The van der Waals surface area contributed by atoms with E-state index < -0.39 is 5.97 Å². The van der Waals surface area contributed by atoms with Gasteiger partial charge in [0.2, 0.25) is 0 Å². The van der Waals surface area contributed by atoms with Crippen LogP contribution in [-0.2, 0) is 16.1 Å². The summed E-state index contributed by atoms with van der Waals surface area (Å²) in [7, 11) is 1.69. The number of thiazole rings is 1. The van der Waals surface area contributed by atoms with Gasteiger partial charge in [-0.15, -0.1) is 11.3 Å². The number of aryl methyl sites for hydroxylation is 1. The van der Waals surface area contributed by atoms with Crippen molar-refractivity contribution in [1.82, 2.24) is 14.9 Å². The molecule has 6 nitrogen and oxygen atoms in total. The summed E-state index contributed by atoms with van der Waals surface area (Å²) in [6, 6.07) is 7.47. The molecule has 3 aromatic rings. The molecule has 0 saturated heterocycles. The number of ether oxygens (including phenoxy) is 1. The first-order chi connectivity index (χ1) is 12.5. The van der Waals surface area contributed by atoms with Crippen molar-refractivity contribution < 1.29 is 14.3 Å².